The fourth-order valence-corrected chi connectivity index (χ4v) is 2.32. The lowest BCUT2D eigenvalue weighted by Crippen LogP contribution is -2.50. The molecule has 0 aromatic carbocycles. The minimum Gasteiger partial charge on any atom is -0.480 e. The largest absolute Gasteiger partial charge is 0.480 e. The first kappa shape index (κ1) is 14.8. The highest BCUT2D eigenvalue weighted by Gasteiger charge is 2.39. The first-order valence-corrected chi connectivity index (χ1v) is 6.68. The highest BCUT2D eigenvalue weighted by atomic mass is 16.4. The van der Waals surface area contributed by atoms with Gasteiger partial charge in [0.2, 0.25) is 0 Å². The quantitative estimate of drug-likeness (QED) is 0.807. The van der Waals surface area contributed by atoms with E-state index in [4.69, 9.17) is 0 Å². The number of carbonyl (C=O) groups is 2. The summed E-state index contributed by atoms with van der Waals surface area (Å²) >= 11 is 0. The molecule has 2 amide bonds. The van der Waals surface area contributed by atoms with Gasteiger partial charge in [-0.2, -0.15) is 0 Å². The van der Waals surface area contributed by atoms with Gasteiger partial charge in [0.1, 0.15) is 6.04 Å². The second kappa shape index (κ2) is 6.07. The summed E-state index contributed by atoms with van der Waals surface area (Å²) in [6, 6.07) is -0.874. The van der Waals surface area contributed by atoms with Crippen LogP contribution < -0.4 is 5.32 Å². The van der Waals surface area contributed by atoms with Crippen molar-refractivity contribution in [2.75, 3.05) is 6.54 Å². The third-order valence-corrected chi connectivity index (χ3v) is 4.06. The van der Waals surface area contributed by atoms with Crippen molar-refractivity contribution in [2.24, 2.45) is 11.8 Å². The summed E-state index contributed by atoms with van der Waals surface area (Å²) < 4.78 is 0. The van der Waals surface area contributed by atoms with Crippen LogP contribution in [-0.2, 0) is 4.79 Å². The van der Waals surface area contributed by atoms with E-state index < -0.39 is 12.0 Å². The van der Waals surface area contributed by atoms with E-state index >= 15 is 0 Å². The maximum absolute atomic E-state index is 12.1. The first-order valence-electron chi connectivity index (χ1n) is 6.68. The summed E-state index contributed by atoms with van der Waals surface area (Å²) in [5, 5.41) is 12.1. The minimum absolute atomic E-state index is 0.0205. The molecule has 4 unspecified atom stereocenters. The smallest absolute Gasteiger partial charge is 0.326 e. The summed E-state index contributed by atoms with van der Waals surface area (Å²) in [5.74, 6) is -0.504. The Kier molecular flexibility index (Phi) is 4.99. The molecule has 0 radical (unpaired) electrons. The molecular weight excluding hydrogens is 232 g/mol. The van der Waals surface area contributed by atoms with E-state index in [1.165, 1.54) is 4.90 Å². The molecule has 0 aromatic heterocycles. The molecule has 1 fully saturated rings. The lowest BCUT2D eigenvalue weighted by molar-refractivity contribution is -0.142. The molecule has 1 aliphatic heterocycles. The van der Waals surface area contributed by atoms with Gasteiger partial charge < -0.3 is 15.3 Å². The molecule has 0 aromatic rings. The van der Waals surface area contributed by atoms with Gasteiger partial charge in [-0.15, -0.1) is 0 Å². The van der Waals surface area contributed by atoms with E-state index in [9.17, 15) is 14.7 Å². The van der Waals surface area contributed by atoms with E-state index in [2.05, 4.69) is 19.2 Å². The van der Waals surface area contributed by atoms with Gasteiger partial charge in [0.05, 0.1) is 0 Å². The van der Waals surface area contributed by atoms with Crippen molar-refractivity contribution in [1.82, 2.24) is 10.2 Å². The van der Waals surface area contributed by atoms with Crippen LogP contribution in [0.25, 0.3) is 0 Å². The summed E-state index contributed by atoms with van der Waals surface area (Å²) in [6.45, 7) is 8.51. The summed E-state index contributed by atoms with van der Waals surface area (Å²) in [6.07, 6.45) is 1.74. The molecule has 2 N–H and O–H groups in total. The number of carbonyl (C=O) groups excluding carboxylic acids is 1. The Hall–Kier alpha value is -1.26. The van der Waals surface area contributed by atoms with Crippen molar-refractivity contribution in [3.63, 3.8) is 0 Å². The number of carboxylic acid groups (broad SMARTS) is 1. The third-order valence-electron chi connectivity index (χ3n) is 4.06. The number of nitrogens with zero attached hydrogens (tertiary/aromatic N) is 1. The molecular formula is C13H24N2O3. The highest BCUT2D eigenvalue weighted by molar-refractivity contribution is 5.83. The molecule has 0 spiro atoms. The standard InChI is InChI=1S/C13H24N2O3/c1-5-8(2)10(4)14-13(18)15-7-6-9(3)11(15)12(16)17/h8-11H,5-7H2,1-4H3,(H,14,18)(H,16,17). The lowest BCUT2D eigenvalue weighted by atomic mass is 10.0. The van der Waals surface area contributed by atoms with Crippen LogP contribution in [-0.4, -0.2) is 40.6 Å². The van der Waals surface area contributed by atoms with Crippen LogP contribution in [0.5, 0.6) is 0 Å². The molecule has 0 aliphatic carbocycles. The molecule has 1 aliphatic rings. The number of likely N-dealkylation sites (tertiary alicyclic amines) is 1. The Morgan fingerprint density at radius 1 is 1.44 bits per heavy atom. The number of hydrogen-bond acceptors (Lipinski definition) is 2. The van der Waals surface area contributed by atoms with Crippen LogP contribution in [0.2, 0.25) is 0 Å². The van der Waals surface area contributed by atoms with Crippen LogP contribution in [0.3, 0.4) is 0 Å². The number of urea groups is 1. The van der Waals surface area contributed by atoms with Crippen LogP contribution in [0.15, 0.2) is 0 Å². The zero-order valence-corrected chi connectivity index (χ0v) is 11.6. The predicted octanol–water partition coefficient (Wildman–Crippen LogP) is 1.93. The van der Waals surface area contributed by atoms with Crippen molar-refractivity contribution >= 4 is 12.0 Å². The molecule has 5 heteroatoms. The lowest BCUT2D eigenvalue weighted by Gasteiger charge is -2.27. The average molecular weight is 256 g/mol. The van der Waals surface area contributed by atoms with Crippen LogP contribution in [0.4, 0.5) is 4.79 Å². The zero-order valence-electron chi connectivity index (χ0n) is 11.6. The van der Waals surface area contributed by atoms with Crippen molar-refractivity contribution < 1.29 is 14.7 Å². The third kappa shape index (κ3) is 3.15. The van der Waals surface area contributed by atoms with Crippen LogP contribution >= 0.6 is 0 Å². The monoisotopic (exact) mass is 256 g/mol. The van der Waals surface area contributed by atoms with Crippen molar-refractivity contribution in [3.05, 3.63) is 0 Å². The fraction of sp³-hybridized carbons (Fsp3) is 0.846. The Balaban J connectivity index is 2.64. The van der Waals surface area contributed by atoms with Gasteiger partial charge in [0.25, 0.3) is 0 Å². The molecule has 104 valence electrons. The Bertz CT molecular complexity index is 319. The molecule has 18 heavy (non-hydrogen) atoms. The number of aliphatic carboxylic acids is 1. The van der Waals surface area contributed by atoms with E-state index in [0.29, 0.717) is 12.5 Å². The topological polar surface area (TPSA) is 69.6 Å². The first-order chi connectivity index (χ1) is 8.38. The van der Waals surface area contributed by atoms with Gasteiger partial charge in [-0.1, -0.05) is 27.2 Å². The zero-order chi connectivity index (χ0) is 13.9. The second-order valence-electron chi connectivity index (χ2n) is 5.37. The van der Waals surface area contributed by atoms with E-state index in [1.54, 1.807) is 0 Å². The number of hydrogen-bond donors (Lipinski definition) is 2. The minimum atomic E-state index is -0.911. The summed E-state index contributed by atoms with van der Waals surface area (Å²) in [5.41, 5.74) is 0. The van der Waals surface area contributed by atoms with Gasteiger partial charge in [-0.25, -0.2) is 9.59 Å². The highest BCUT2D eigenvalue weighted by Crippen LogP contribution is 2.24. The van der Waals surface area contributed by atoms with E-state index in [1.807, 2.05) is 13.8 Å². The van der Waals surface area contributed by atoms with Gasteiger partial charge in [-0.05, 0) is 25.2 Å². The Labute approximate surface area is 109 Å². The van der Waals surface area contributed by atoms with Gasteiger partial charge in [0, 0.05) is 12.6 Å². The maximum Gasteiger partial charge on any atom is 0.326 e. The second-order valence-corrected chi connectivity index (χ2v) is 5.37. The van der Waals surface area contributed by atoms with Crippen LogP contribution in [0, 0.1) is 11.8 Å². The van der Waals surface area contributed by atoms with Crippen molar-refractivity contribution in [1.29, 1.82) is 0 Å². The summed E-state index contributed by atoms with van der Waals surface area (Å²) in [7, 11) is 0. The number of carboxylic acids is 1. The fourth-order valence-electron chi connectivity index (χ4n) is 2.32. The molecule has 4 atom stereocenters. The number of nitrogens with one attached hydrogen (secondary N) is 1. The Morgan fingerprint density at radius 3 is 2.56 bits per heavy atom. The maximum atomic E-state index is 12.1. The van der Waals surface area contributed by atoms with Gasteiger partial charge >= 0.3 is 12.0 Å². The normalized spacial score (nSPS) is 26.8. The molecule has 1 heterocycles. The molecule has 0 bridgehead atoms. The molecule has 1 rings (SSSR count). The van der Waals surface area contributed by atoms with Crippen molar-refractivity contribution in [2.45, 2.75) is 52.6 Å². The predicted molar refractivity (Wildman–Crippen MR) is 69.4 cm³/mol. The SMILES string of the molecule is CCC(C)C(C)NC(=O)N1CCC(C)C1C(=O)O. The molecule has 5 nitrogen and oxygen atoms in total. The summed E-state index contributed by atoms with van der Waals surface area (Å²) in [4.78, 5) is 24.7. The Morgan fingerprint density at radius 2 is 2.06 bits per heavy atom. The molecule has 0 saturated carbocycles. The average Bonchev–Trinajstić information content (AvgIpc) is 2.69. The van der Waals surface area contributed by atoms with Crippen molar-refractivity contribution in [3.8, 4) is 0 Å². The van der Waals surface area contributed by atoms with E-state index in [-0.39, 0.29) is 18.0 Å². The number of rotatable bonds is 4. The van der Waals surface area contributed by atoms with Gasteiger partial charge in [-0.3, -0.25) is 0 Å². The van der Waals surface area contributed by atoms with Gasteiger partial charge in [0.15, 0.2) is 0 Å². The van der Waals surface area contributed by atoms with E-state index in [0.717, 1.165) is 12.8 Å². The molecule has 1 saturated heterocycles. The van der Waals surface area contributed by atoms with Crippen LogP contribution in [0.1, 0.15) is 40.5 Å². The number of amides is 2.